The van der Waals surface area contributed by atoms with Gasteiger partial charge in [0, 0.05) is 10.0 Å². The summed E-state index contributed by atoms with van der Waals surface area (Å²) in [6, 6.07) is 18.3. The van der Waals surface area contributed by atoms with Gasteiger partial charge in [-0.05, 0) is 66.6 Å². The van der Waals surface area contributed by atoms with Crippen molar-refractivity contribution in [3.05, 3.63) is 81.8 Å². The zero-order valence-corrected chi connectivity index (χ0v) is 20.2. The van der Waals surface area contributed by atoms with Crippen LogP contribution in [0.2, 0.25) is 0 Å². The lowest BCUT2D eigenvalue weighted by atomic mass is 10.2. The number of methoxy groups -OCH3 is 2. The summed E-state index contributed by atoms with van der Waals surface area (Å²) in [6.07, 6.45) is 1.53. The zero-order chi connectivity index (χ0) is 23.6. The van der Waals surface area contributed by atoms with Crippen LogP contribution in [0.4, 0.5) is 0 Å². The molecule has 7 nitrogen and oxygen atoms in total. The third kappa shape index (κ3) is 6.73. The monoisotopic (exact) mass is 512 g/mol. The molecule has 0 saturated heterocycles. The first-order valence-corrected chi connectivity index (χ1v) is 11.0. The van der Waals surface area contributed by atoms with E-state index in [-0.39, 0.29) is 5.91 Å². The fourth-order valence-electron chi connectivity index (χ4n) is 2.94. The fraction of sp³-hybridized carbons (Fsp3) is 0.200. The average Bonchev–Trinajstić information content (AvgIpc) is 2.84. The summed E-state index contributed by atoms with van der Waals surface area (Å²) in [5, 5.41) is 4.04. The quantitative estimate of drug-likeness (QED) is 0.298. The molecule has 172 valence electrons. The van der Waals surface area contributed by atoms with Crippen molar-refractivity contribution in [3.63, 3.8) is 0 Å². The smallest absolute Gasteiger partial charge is 0.271 e. The molecular formula is C25H25BrN2O5. The van der Waals surface area contributed by atoms with Crippen molar-refractivity contribution in [2.45, 2.75) is 13.5 Å². The maximum absolute atomic E-state index is 12.4. The fourth-order valence-corrected chi connectivity index (χ4v) is 3.20. The van der Waals surface area contributed by atoms with Gasteiger partial charge in [0.15, 0.2) is 23.0 Å². The van der Waals surface area contributed by atoms with Gasteiger partial charge >= 0.3 is 0 Å². The minimum absolute atomic E-state index is 0.367. The highest BCUT2D eigenvalue weighted by Crippen LogP contribution is 2.29. The van der Waals surface area contributed by atoms with Gasteiger partial charge in [0.05, 0.1) is 27.0 Å². The number of carbonyl (C=O) groups is 1. The Labute approximate surface area is 201 Å². The molecule has 1 amide bonds. The van der Waals surface area contributed by atoms with Gasteiger partial charge < -0.3 is 18.9 Å². The number of hydrogen-bond acceptors (Lipinski definition) is 6. The van der Waals surface area contributed by atoms with E-state index in [1.54, 1.807) is 37.4 Å². The van der Waals surface area contributed by atoms with Crippen LogP contribution in [0.15, 0.2) is 70.2 Å². The third-order valence-corrected chi connectivity index (χ3v) is 5.13. The molecule has 0 bridgehead atoms. The van der Waals surface area contributed by atoms with E-state index >= 15 is 0 Å². The summed E-state index contributed by atoms with van der Waals surface area (Å²) in [4.78, 5) is 12.4. The normalized spacial score (nSPS) is 10.7. The standard InChI is InChI=1S/C25H25BrN2O5/c1-4-32-21-12-8-19(14-24(21)31-3)25(29)28-27-15-18-7-11-22(23(13-18)30-2)33-16-17-5-9-20(26)10-6-17/h5-15H,4,16H2,1-3H3,(H,28,29)/b27-15+. The van der Waals surface area contributed by atoms with Crippen LogP contribution in [-0.4, -0.2) is 32.9 Å². The number of nitrogens with zero attached hydrogens (tertiary/aromatic N) is 1. The van der Waals surface area contributed by atoms with Gasteiger partial charge in [0.2, 0.25) is 0 Å². The lowest BCUT2D eigenvalue weighted by Crippen LogP contribution is -2.17. The van der Waals surface area contributed by atoms with E-state index in [4.69, 9.17) is 18.9 Å². The molecule has 0 spiro atoms. The second-order valence-electron chi connectivity index (χ2n) is 6.82. The van der Waals surface area contributed by atoms with Gasteiger partial charge in [-0.1, -0.05) is 28.1 Å². The summed E-state index contributed by atoms with van der Waals surface area (Å²) in [6.45, 7) is 2.80. The maximum atomic E-state index is 12.4. The molecule has 0 atom stereocenters. The van der Waals surface area contributed by atoms with Crippen molar-refractivity contribution in [2.24, 2.45) is 5.10 Å². The highest BCUT2D eigenvalue weighted by molar-refractivity contribution is 9.10. The molecule has 0 fully saturated rings. The second-order valence-corrected chi connectivity index (χ2v) is 7.74. The summed E-state index contributed by atoms with van der Waals surface area (Å²) in [7, 11) is 3.10. The molecule has 0 unspecified atom stereocenters. The first-order chi connectivity index (χ1) is 16.0. The Morgan fingerprint density at radius 3 is 2.27 bits per heavy atom. The molecule has 0 aromatic heterocycles. The minimum Gasteiger partial charge on any atom is -0.493 e. The van der Waals surface area contributed by atoms with Crippen LogP contribution in [0, 0.1) is 0 Å². The molecule has 3 aromatic rings. The molecule has 0 saturated carbocycles. The molecule has 0 heterocycles. The zero-order valence-electron chi connectivity index (χ0n) is 18.6. The van der Waals surface area contributed by atoms with Gasteiger partial charge in [-0.3, -0.25) is 4.79 Å². The van der Waals surface area contributed by atoms with Crippen LogP contribution in [0.3, 0.4) is 0 Å². The average molecular weight is 513 g/mol. The SMILES string of the molecule is CCOc1ccc(C(=O)N/N=C/c2ccc(OCc3ccc(Br)cc3)c(OC)c2)cc1OC. The van der Waals surface area contributed by atoms with Gasteiger partial charge in [0.25, 0.3) is 5.91 Å². The summed E-state index contributed by atoms with van der Waals surface area (Å²) in [5.74, 6) is 1.88. The Morgan fingerprint density at radius 1 is 0.909 bits per heavy atom. The van der Waals surface area contributed by atoms with E-state index in [9.17, 15) is 4.79 Å². The number of hydrogen-bond donors (Lipinski definition) is 1. The maximum Gasteiger partial charge on any atom is 0.271 e. The number of halogens is 1. The van der Waals surface area contributed by atoms with Gasteiger partial charge in [-0.15, -0.1) is 0 Å². The molecule has 0 aliphatic carbocycles. The highest BCUT2D eigenvalue weighted by atomic mass is 79.9. The van der Waals surface area contributed by atoms with Crippen molar-refractivity contribution in [2.75, 3.05) is 20.8 Å². The molecular weight excluding hydrogens is 488 g/mol. The molecule has 0 aliphatic heterocycles. The van der Waals surface area contributed by atoms with Crippen LogP contribution in [0.5, 0.6) is 23.0 Å². The van der Waals surface area contributed by atoms with Crippen molar-refractivity contribution in [3.8, 4) is 23.0 Å². The Hall–Kier alpha value is -3.52. The summed E-state index contributed by atoms with van der Waals surface area (Å²) in [5.41, 5.74) is 4.70. The van der Waals surface area contributed by atoms with E-state index in [2.05, 4.69) is 26.5 Å². The minimum atomic E-state index is -0.367. The number of carbonyl (C=O) groups excluding carboxylic acids is 1. The summed E-state index contributed by atoms with van der Waals surface area (Å²) < 4.78 is 23.1. The Balaban J connectivity index is 1.62. The topological polar surface area (TPSA) is 78.4 Å². The van der Waals surface area contributed by atoms with Gasteiger partial charge in [0.1, 0.15) is 6.61 Å². The van der Waals surface area contributed by atoms with Crippen molar-refractivity contribution in [1.29, 1.82) is 0 Å². The molecule has 1 N–H and O–H groups in total. The molecule has 3 rings (SSSR count). The first-order valence-electron chi connectivity index (χ1n) is 10.2. The Morgan fingerprint density at radius 2 is 1.58 bits per heavy atom. The molecule has 3 aromatic carbocycles. The predicted molar refractivity (Wildman–Crippen MR) is 131 cm³/mol. The highest BCUT2D eigenvalue weighted by Gasteiger charge is 2.11. The van der Waals surface area contributed by atoms with Crippen molar-refractivity contribution < 1.29 is 23.7 Å². The molecule has 33 heavy (non-hydrogen) atoms. The number of amides is 1. The van der Waals surface area contributed by atoms with Crippen molar-refractivity contribution >= 4 is 28.1 Å². The molecule has 0 radical (unpaired) electrons. The van der Waals surface area contributed by atoms with E-state index in [1.165, 1.54) is 13.3 Å². The van der Waals surface area contributed by atoms with Gasteiger partial charge in [-0.2, -0.15) is 5.10 Å². The first kappa shape index (κ1) is 24.1. The van der Waals surface area contributed by atoms with Gasteiger partial charge in [-0.25, -0.2) is 5.43 Å². The lowest BCUT2D eigenvalue weighted by molar-refractivity contribution is 0.0954. The van der Waals surface area contributed by atoms with Crippen LogP contribution >= 0.6 is 15.9 Å². The largest absolute Gasteiger partial charge is 0.493 e. The van der Waals surface area contributed by atoms with Crippen LogP contribution in [0.25, 0.3) is 0 Å². The van der Waals surface area contributed by atoms with Crippen molar-refractivity contribution in [1.82, 2.24) is 5.43 Å². The number of rotatable bonds is 10. The predicted octanol–water partition coefficient (Wildman–Crippen LogP) is 5.21. The number of nitrogens with one attached hydrogen (secondary N) is 1. The third-order valence-electron chi connectivity index (χ3n) is 4.60. The Bertz CT molecular complexity index is 1120. The second kappa shape index (κ2) is 11.9. The number of benzene rings is 3. The van der Waals surface area contributed by atoms with E-state index in [1.807, 2.05) is 37.3 Å². The number of ether oxygens (including phenoxy) is 4. The van der Waals surface area contributed by atoms with Crippen LogP contribution in [-0.2, 0) is 6.61 Å². The van der Waals surface area contributed by atoms with Crippen LogP contribution < -0.4 is 24.4 Å². The lowest BCUT2D eigenvalue weighted by Gasteiger charge is -2.11. The van der Waals surface area contributed by atoms with E-state index in [0.717, 1.165) is 15.6 Å². The van der Waals surface area contributed by atoms with Crippen LogP contribution in [0.1, 0.15) is 28.4 Å². The molecule has 0 aliphatic rings. The Kier molecular flexibility index (Phi) is 8.71. The van der Waals surface area contributed by atoms with E-state index in [0.29, 0.717) is 41.8 Å². The molecule has 8 heteroatoms. The summed E-state index contributed by atoms with van der Waals surface area (Å²) >= 11 is 3.42. The van der Waals surface area contributed by atoms with E-state index < -0.39 is 0 Å². The number of hydrazone groups is 1.